The number of carboxylic acids is 1. The molecule has 1 aromatic heterocycles. The normalized spacial score (nSPS) is 14.8. The van der Waals surface area contributed by atoms with Crippen LogP contribution in [0.3, 0.4) is 0 Å². The molecule has 0 radical (unpaired) electrons. The van der Waals surface area contributed by atoms with E-state index in [1.54, 1.807) is 13.8 Å². The van der Waals surface area contributed by atoms with Crippen LogP contribution >= 0.6 is 0 Å². The first-order chi connectivity index (χ1) is 16.0. The van der Waals surface area contributed by atoms with Crippen molar-refractivity contribution < 1.29 is 24.3 Å². The van der Waals surface area contributed by atoms with Gasteiger partial charge in [-0.3, -0.25) is 14.4 Å². The quantitative estimate of drug-likeness (QED) is 0.268. The van der Waals surface area contributed by atoms with E-state index in [0.717, 1.165) is 16.5 Å². The van der Waals surface area contributed by atoms with Crippen LogP contribution in [0.1, 0.15) is 39.7 Å². The van der Waals surface area contributed by atoms with E-state index in [4.69, 9.17) is 5.73 Å². The molecular weight excluding hydrogens is 438 g/mol. The summed E-state index contributed by atoms with van der Waals surface area (Å²) >= 11 is 0. The zero-order valence-electron chi connectivity index (χ0n) is 20.1. The number of hydrogen-bond acceptors (Lipinski definition) is 5. The monoisotopic (exact) mass is 473 g/mol. The maximum atomic E-state index is 12.8. The van der Waals surface area contributed by atoms with Gasteiger partial charge in [0.05, 0.1) is 12.6 Å². The third kappa shape index (κ3) is 7.05. The van der Waals surface area contributed by atoms with E-state index in [-0.39, 0.29) is 11.8 Å². The first-order valence-electron chi connectivity index (χ1n) is 11.5. The average Bonchev–Trinajstić information content (AvgIpc) is 3.20. The van der Waals surface area contributed by atoms with Crippen molar-refractivity contribution in [3.8, 4) is 0 Å². The summed E-state index contributed by atoms with van der Waals surface area (Å²) in [5.41, 5.74) is 7.99. The van der Waals surface area contributed by atoms with E-state index in [1.165, 1.54) is 0 Å². The van der Waals surface area contributed by atoms with E-state index in [0.29, 0.717) is 12.8 Å². The van der Waals surface area contributed by atoms with E-state index in [9.17, 15) is 24.3 Å². The van der Waals surface area contributed by atoms with E-state index < -0.39 is 48.4 Å². The Morgan fingerprint density at radius 1 is 1.03 bits per heavy atom. The summed E-state index contributed by atoms with van der Waals surface area (Å²) in [7, 11) is 0. The van der Waals surface area contributed by atoms with Gasteiger partial charge in [-0.15, -0.1) is 0 Å². The van der Waals surface area contributed by atoms with Crippen LogP contribution in [0.25, 0.3) is 10.9 Å². The lowest BCUT2D eigenvalue weighted by Gasteiger charge is -2.25. The Balaban J connectivity index is 1.98. The molecule has 0 bridgehead atoms. The van der Waals surface area contributed by atoms with Gasteiger partial charge in [0.25, 0.3) is 0 Å². The summed E-state index contributed by atoms with van der Waals surface area (Å²) in [5.74, 6) is -3.31. The fourth-order valence-electron chi connectivity index (χ4n) is 3.61. The molecule has 10 nitrogen and oxygen atoms in total. The van der Waals surface area contributed by atoms with Gasteiger partial charge >= 0.3 is 5.97 Å². The third-order valence-corrected chi connectivity index (χ3v) is 5.92. The maximum absolute atomic E-state index is 12.8. The molecule has 7 N–H and O–H groups in total. The standard InChI is InChI=1S/C24H35N5O5/c1-5-14(4)21(23(32)27-12-19(30)28-20(13(2)3)24(33)34)29-22(31)17(25)10-15-11-26-18-9-7-6-8-16(15)18/h6-9,11,13-14,17,20-21,26H,5,10,12,25H2,1-4H3,(H,27,32)(H,28,30)(H,29,31)(H,33,34). The van der Waals surface area contributed by atoms with Crippen molar-refractivity contribution in [3.63, 3.8) is 0 Å². The number of benzene rings is 1. The highest BCUT2D eigenvalue weighted by Gasteiger charge is 2.29. The van der Waals surface area contributed by atoms with Crippen molar-refractivity contribution >= 4 is 34.6 Å². The van der Waals surface area contributed by atoms with Crippen molar-refractivity contribution in [2.75, 3.05) is 6.54 Å². The van der Waals surface area contributed by atoms with Crippen LogP contribution in [0, 0.1) is 11.8 Å². The van der Waals surface area contributed by atoms with Gasteiger partial charge in [-0.05, 0) is 29.9 Å². The van der Waals surface area contributed by atoms with E-state index >= 15 is 0 Å². The van der Waals surface area contributed by atoms with Crippen molar-refractivity contribution in [2.45, 2.75) is 58.7 Å². The van der Waals surface area contributed by atoms with Crippen LogP contribution in [-0.2, 0) is 25.6 Å². The molecule has 0 saturated heterocycles. The van der Waals surface area contributed by atoms with Crippen molar-refractivity contribution in [3.05, 3.63) is 36.0 Å². The average molecular weight is 474 g/mol. The number of aromatic amines is 1. The van der Waals surface area contributed by atoms with Crippen LogP contribution in [0.15, 0.2) is 30.5 Å². The largest absolute Gasteiger partial charge is 0.480 e. The minimum atomic E-state index is -1.15. The molecule has 0 aliphatic rings. The summed E-state index contributed by atoms with van der Waals surface area (Å²) in [5, 5.41) is 17.8. The minimum absolute atomic E-state index is 0.213. The lowest BCUT2D eigenvalue weighted by Crippen LogP contribution is -2.56. The van der Waals surface area contributed by atoms with Gasteiger partial charge in [0.1, 0.15) is 12.1 Å². The van der Waals surface area contributed by atoms with Crippen LogP contribution in [0.2, 0.25) is 0 Å². The van der Waals surface area contributed by atoms with E-state index in [2.05, 4.69) is 20.9 Å². The van der Waals surface area contributed by atoms with Gasteiger partial charge in [-0.25, -0.2) is 4.79 Å². The minimum Gasteiger partial charge on any atom is -0.480 e. The number of fused-ring (bicyclic) bond motifs is 1. The number of para-hydroxylation sites is 1. The SMILES string of the molecule is CCC(C)C(NC(=O)C(N)Cc1c[nH]c2ccccc12)C(=O)NCC(=O)NC(C(=O)O)C(C)C. The maximum Gasteiger partial charge on any atom is 0.326 e. The lowest BCUT2D eigenvalue weighted by molar-refractivity contribution is -0.143. The van der Waals surface area contributed by atoms with Crippen LogP contribution < -0.4 is 21.7 Å². The fourth-order valence-corrected chi connectivity index (χ4v) is 3.61. The second-order valence-electron chi connectivity index (χ2n) is 8.89. The Bertz CT molecular complexity index is 1020. The predicted molar refractivity (Wildman–Crippen MR) is 129 cm³/mol. The first kappa shape index (κ1) is 26.8. The van der Waals surface area contributed by atoms with Gasteiger partial charge in [-0.1, -0.05) is 52.3 Å². The number of nitrogens with one attached hydrogen (secondary N) is 4. The summed E-state index contributed by atoms with van der Waals surface area (Å²) in [4.78, 5) is 52.1. The van der Waals surface area contributed by atoms with Crippen LogP contribution in [0.4, 0.5) is 0 Å². The molecule has 0 saturated carbocycles. The van der Waals surface area contributed by atoms with Gasteiger partial charge in [0, 0.05) is 17.1 Å². The Morgan fingerprint density at radius 2 is 1.71 bits per heavy atom. The fraction of sp³-hybridized carbons (Fsp3) is 0.500. The van der Waals surface area contributed by atoms with Gasteiger partial charge in [0.15, 0.2) is 0 Å². The number of carbonyl (C=O) groups is 4. The van der Waals surface area contributed by atoms with Gasteiger partial charge < -0.3 is 31.8 Å². The zero-order chi connectivity index (χ0) is 25.4. The number of aliphatic carboxylic acids is 1. The first-order valence-corrected chi connectivity index (χ1v) is 11.5. The van der Waals surface area contributed by atoms with Crippen molar-refractivity contribution in [2.24, 2.45) is 17.6 Å². The number of amides is 3. The number of aromatic nitrogens is 1. The van der Waals surface area contributed by atoms with Crippen molar-refractivity contribution in [1.82, 2.24) is 20.9 Å². The summed E-state index contributed by atoms with van der Waals surface area (Å²) in [6, 6.07) is 4.88. The molecule has 0 fully saturated rings. The lowest BCUT2D eigenvalue weighted by atomic mass is 9.97. The van der Waals surface area contributed by atoms with Gasteiger partial charge in [-0.2, -0.15) is 0 Å². The number of H-pyrrole nitrogens is 1. The molecule has 0 aliphatic heterocycles. The molecular formula is C24H35N5O5. The molecule has 1 aromatic carbocycles. The Kier molecular flexibility index (Phi) is 9.61. The molecule has 0 aliphatic carbocycles. The number of carbonyl (C=O) groups excluding carboxylic acids is 3. The third-order valence-electron chi connectivity index (χ3n) is 5.92. The summed E-state index contributed by atoms with van der Waals surface area (Å²) in [6.07, 6.45) is 2.71. The molecule has 3 amide bonds. The molecule has 4 unspecified atom stereocenters. The topological polar surface area (TPSA) is 166 Å². The predicted octanol–water partition coefficient (Wildman–Crippen LogP) is 0.910. The Labute approximate surface area is 199 Å². The van der Waals surface area contributed by atoms with Gasteiger partial charge in [0.2, 0.25) is 17.7 Å². The smallest absolute Gasteiger partial charge is 0.326 e. The highest BCUT2D eigenvalue weighted by molar-refractivity contribution is 5.93. The molecule has 10 heteroatoms. The molecule has 186 valence electrons. The number of carboxylic acid groups (broad SMARTS) is 1. The molecule has 2 rings (SSSR count). The number of hydrogen-bond donors (Lipinski definition) is 6. The highest BCUT2D eigenvalue weighted by Crippen LogP contribution is 2.19. The molecule has 2 aromatic rings. The van der Waals surface area contributed by atoms with Crippen LogP contribution in [0.5, 0.6) is 0 Å². The molecule has 1 heterocycles. The number of nitrogens with two attached hydrogens (primary N) is 1. The molecule has 4 atom stereocenters. The zero-order valence-corrected chi connectivity index (χ0v) is 20.1. The Hall–Kier alpha value is -3.40. The number of rotatable bonds is 12. The highest BCUT2D eigenvalue weighted by atomic mass is 16.4. The summed E-state index contributed by atoms with van der Waals surface area (Å²) < 4.78 is 0. The molecule has 34 heavy (non-hydrogen) atoms. The van der Waals surface area contributed by atoms with Crippen molar-refractivity contribution in [1.29, 1.82) is 0 Å². The van der Waals surface area contributed by atoms with E-state index in [1.807, 2.05) is 44.3 Å². The Morgan fingerprint density at radius 3 is 2.32 bits per heavy atom. The summed E-state index contributed by atoms with van der Waals surface area (Å²) in [6.45, 7) is 6.64. The second kappa shape index (κ2) is 12.2. The molecule has 0 spiro atoms. The second-order valence-corrected chi connectivity index (χ2v) is 8.89. The van der Waals surface area contributed by atoms with Crippen LogP contribution in [-0.4, -0.2) is 58.5 Å².